The van der Waals surface area contributed by atoms with Gasteiger partial charge in [0.15, 0.2) is 11.5 Å². The first-order valence-corrected chi connectivity index (χ1v) is 11.3. The number of aliphatic hydroxyl groups is 2. The predicted octanol–water partition coefficient (Wildman–Crippen LogP) is 2.37. The third-order valence-corrected chi connectivity index (χ3v) is 6.62. The Labute approximate surface area is 198 Å². The van der Waals surface area contributed by atoms with Crippen molar-refractivity contribution in [2.45, 2.75) is 31.0 Å². The lowest BCUT2D eigenvalue weighted by Crippen LogP contribution is -2.49. The first-order valence-electron chi connectivity index (χ1n) is 11.3. The van der Waals surface area contributed by atoms with Crippen LogP contribution in [0.5, 0.6) is 0 Å². The van der Waals surface area contributed by atoms with Gasteiger partial charge in [-0.2, -0.15) is 0 Å². The molecular weight excluding hydrogens is 460 g/mol. The van der Waals surface area contributed by atoms with E-state index in [1.165, 1.54) is 12.4 Å². The molecule has 5 heterocycles. The quantitative estimate of drug-likeness (QED) is 0.355. The molecule has 1 saturated heterocycles. The number of aromatic nitrogens is 5. The van der Waals surface area contributed by atoms with Crippen molar-refractivity contribution in [1.29, 1.82) is 0 Å². The van der Waals surface area contributed by atoms with Gasteiger partial charge in [-0.05, 0) is 31.0 Å². The van der Waals surface area contributed by atoms with Crippen LogP contribution in [0, 0.1) is 0 Å². The van der Waals surface area contributed by atoms with E-state index in [0.717, 1.165) is 18.5 Å². The fourth-order valence-electron chi connectivity index (χ4n) is 4.52. The molecular formula is C23H23F2N7O3. The van der Waals surface area contributed by atoms with Gasteiger partial charge in [0.05, 0.1) is 24.1 Å². The number of nitrogens with zero attached hydrogens (tertiary/aromatic N) is 6. The van der Waals surface area contributed by atoms with Crippen LogP contribution in [0.25, 0.3) is 27.8 Å². The number of aliphatic hydroxyl groups excluding tert-OH is 1. The summed E-state index contributed by atoms with van der Waals surface area (Å²) in [6.45, 7) is 1.45. The van der Waals surface area contributed by atoms with Crippen LogP contribution in [0.4, 0.5) is 20.3 Å². The smallest absolute Gasteiger partial charge is 0.281 e. The Bertz CT molecular complexity index is 1410. The zero-order valence-electron chi connectivity index (χ0n) is 18.6. The lowest BCUT2D eigenvalue weighted by molar-refractivity contribution is -0.0586. The molecule has 35 heavy (non-hydrogen) atoms. The molecule has 1 aliphatic carbocycles. The van der Waals surface area contributed by atoms with Gasteiger partial charge in [0.1, 0.15) is 24.3 Å². The Morgan fingerprint density at radius 3 is 2.83 bits per heavy atom. The number of anilines is 2. The number of rotatable bonds is 6. The molecule has 6 rings (SSSR count). The van der Waals surface area contributed by atoms with Gasteiger partial charge in [-0.3, -0.25) is 4.98 Å². The van der Waals surface area contributed by atoms with Gasteiger partial charge in [-0.1, -0.05) is 0 Å². The van der Waals surface area contributed by atoms with Crippen LogP contribution < -0.4 is 10.2 Å². The van der Waals surface area contributed by atoms with Gasteiger partial charge in [-0.25, -0.2) is 23.3 Å². The van der Waals surface area contributed by atoms with Gasteiger partial charge in [0.25, 0.3) is 6.43 Å². The molecule has 12 heteroatoms. The Hall–Kier alpha value is -3.48. The van der Waals surface area contributed by atoms with Crippen molar-refractivity contribution in [3.05, 3.63) is 42.5 Å². The standard InChI is InChI=1S/C23H23F2N7O3/c24-21(25)20-15-8-26-18(28-12-33)7-14(15)16(9-27-20)22-29-19-2-1-13(10-32(19)30-22)31-5-6-35-17(11-31)23(34)3-4-23/h1-2,7-10,17,21,33-34H,3-6,11-12H2,(H,26,28)/t17-/m1/s1. The summed E-state index contributed by atoms with van der Waals surface area (Å²) in [6.07, 6.45) is 3.02. The van der Waals surface area contributed by atoms with E-state index < -0.39 is 12.0 Å². The van der Waals surface area contributed by atoms with Gasteiger partial charge in [0, 0.05) is 41.8 Å². The number of nitrogens with one attached hydrogen (secondary N) is 1. The van der Waals surface area contributed by atoms with E-state index in [4.69, 9.17) is 4.74 Å². The summed E-state index contributed by atoms with van der Waals surface area (Å²) >= 11 is 0. The van der Waals surface area contributed by atoms with E-state index in [9.17, 15) is 19.0 Å². The number of hydrogen-bond donors (Lipinski definition) is 3. The van der Waals surface area contributed by atoms with Crippen LogP contribution in [0.2, 0.25) is 0 Å². The normalized spacial score (nSPS) is 19.6. The highest BCUT2D eigenvalue weighted by atomic mass is 19.3. The fraction of sp³-hybridized carbons (Fsp3) is 0.391. The van der Waals surface area contributed by atoms with Crippen LogP contribution in [0.1, 0.15) is 25.0 Å². The summed E-state index contributed by atoms with van der Waals surface area (Å²) in [5, 5.41) is 27.5. The second-order valence-electron chi connectivity index (χ2n) is 8.84. The molecule has 1 atom stereocenters. The molecule has 10 nitrogen and oxygen atoms in total. The van der Waals surface area contributed by atoms with Crippen molar-refractivity contribution in [2.75, 3.05) is 36.6 Å². The maximum absolute atomic E-state index is 13.6. The summed E-state index contributed by atoms with van der Waals surface area (Å²) in [7, 11) is 0. The number of ether oxygens (including phenoxy) is 1. The van der Waals surface area contributed by atoms with E-state index in [1.807, 2.05) is 18.3 Å². The lowest BCUT2D eigenvalue weighted by atomic mass is 10.1. The average Bonchev–Trinajstić information content (AvgIpc) is 3.48. The van der Waals surface area contributed by atoms with Crippen LogP contribution in [-0.4, -0.2) is 72.9 Å². The fourth-order valence-corrected chi connectivity index (χ4v) is 4.52. The van der Waals surface area contributed by atoms with Crippen molar-refractivity contribution in [1.82, 2.24) is 24.6 Å². The van der Waals surface area contributed by atoms with E-state index >= 15 is 0 Å². The molecule has 4 aromatic heterocycles. The van der Waals surface area contributed by atoms with Gasteiger partial charge in [-0.15, -0.1) is 5.10 Å². The highest BCUT2D eigenvalue weighted by Crippen LogP contribution is 2.41. The monoisotopic (exact) mass is 483 g/mol. The maximum atomic E-state index is 13.6. The molecule has 0 spiro atoms. The summed E-state index contributed by atoms with van der Waals surface area (Å²) in [5.74, 6) is 0.659. The predicted molar refractivity (Wildman–Crippen MR) is 123 cm³/mol. The number of alkyl halides is 2. The summed E-state index contributed by atoms with van der Waals surface area (Å²) in [6, 6.07) is 5.35. The molecule has 182 valence electrons. The number of hydrogen-bond acceptors (Lipinski definition) is 9. The maximum Gasteiger partial charge on any atom is 0.281 e. The summed E-state index contributed by atoms with van der Waals surface area (Å²) in [5.41, 5.74) is 0.877. The molecule has 0 amide bonds. The Morgan fingerprint density at radius 1 is 1.20 bits per heavy atom. The largest absolute Gasteiger partial charge is 0.387 e. The lowest BCUT2D eigenvalue weighted by Gasteiger charge is -2.36. The first-order chi connectivity index (χ1) is 16.9. The molecule has 0 unspecified atom stereocenters. The minimum absolute atomic E-state index is 0.193. The van der Waals surface area contributed by atoms with Crippen LogP contribution in [0.3, 0.4) is 0 Å². The molecule has 4 aromatic rings. The van der Waals surface area contributed by atoms with E-state index in [0.29, 0.717) is 47.9 Å². The molecule has 0 radical (unpaired) electrons. The zero-order chi connectivity index (χ0) is 24.2. The Balaban J connectivity index is 1.38. The summed E-state index contributed by atoms with van der Waals surface area (Å²) in [4.78, 5) is 14.8. The SMILES string of the molecule is OCNc1cc2c(-c3nc4ccc(N5CCO[C@@H](C6(O)CC6)C5)cn4n3)cnc(C(F)F)c2cn1. The molecule has 2 aliphatic rings. The molecule has 0 aromatic carbocycles. The zero-order valence-corrected chi connectivity index (χ0v) is 18.6. The molecule has 0 bridgehead atoms. The number of halogens is 2. The third kappa shape index (κ3) is 3.93. The second kappa shape index (κ2) is 8.33. The van der Waals surface area contributed by atoms with Crippen molar-refractivity contribution in [3.8, 4) is 11.4 Å². The van der Waals surface area contributed by atoms with Crippen molar-refractivity contribution in [2.24, 2.45) is 0 Å². The molecule has 1 aliphatic heterocycles. The summed E-state index contributed by atoms with van der Waals surface area (Å²) < 4.78 is 34.6. The van der Waals surface area contributed by atoms with Gasteiger partial charge >= 0.3 is 0 Å². The third-order valence-electron chi connectivity index (χ3n) is 6.62. The highest BCUT2D eigenvalue weighted by molar-refractivity contribution is 5.97. The first kappa shape index (κ1) is 22.0. The molecule has 3 N–H and O–H groups in total. The molecule has 2 fully saturated rings. The number of pyridine rings is 3. The van der Waals surface area contributed by atoms with Crippen LogP contribution in [-0.2, 0) is 4.74 Å². The number of morpholine rings is 1. The van der Waals surface area contributed by atoms with Crippen molar-refractivity contribution in [3.63, 3.8) is 0 Å². The minimum atomic E-state index is -2.77. The van der Waals surface area contributed by atoms with Crippen LogP contribution >= 0.6 is 0 Å². The minimum Gasteiger partial charge on any atom is -0.387 e. The van der Waals surface area contributed by atoms with Crippen molar-refractivity contribution >= 4 is 27.9 Å². The van der Waals surface area contributed by atoms with Crippen molar-refractivity contribution < 1.29 is 23.7 Å². The number of fused-ring (bicyclic) bond motifs is 2. The van der Waals surface area contributed by atoms with Gasteiger partial charge in [0.2, 0.25) is 0 Å². The highest BCUT2D eigenvalue weighted by Gasteiger charge is 2.50. The topological polar surface area (TPSA) is 121 Å². The average molecular weight is 483 g/mol. The van der Waals surface area contributed by atoms with Gasteiger partial charge < -0.3 is 25.2 Å². The second-order valence-corrected chi connectivity index (χ2v) is 8.84. The van der Waals surface area contributed by atoms with E-state index in [2.05, 4.69) is 30.3 Å². The van der Waals surface area contributed by atoms with E-state index in [1.54, 1.807) is 10.6 Å². The Morgan fingerprint density at radius 2 is 2.06 bits per heavy atom. The Kier molecular flexibility index (Phi) is 5.24. The van der Waals surface area contributed by atoms with Crippen LogP contribution in [0.15, 0.2) is 36.8 Å². The molecule has 1 saturated carbocycles. The van der Waals surface area contributed by atoms with E-state index in [-0.39, 0.29) is 23.9 Å².